The molecule has 0 bridgehead atoms. The van der Waals surface area contributed by atoms with Crippen LogP contribution >= 0.6 is 0 Å². The first-order chi connectivity index (χ1) is 8.70. The summed E-state index contributed by atoms with van der Waals surface area (Å²) >= 11 is 0. The van der Waals surface area contributed by atoms with Gasteiger partial charge in [-0.1, -0.05) is 17.3 Å². The maximum absolute atomic E-state index is 11.9. The highest BCUT2D eigenvalue weighted by Crippen LogP contribution is 2.14. The lowest BCUT2D eigenvalue weighted by Crippen LogP contribution is -2.32. The van der Waals surface area contributed by atoms with Crippen LogP contribution in [0.2, 0.25) is 0 Å². The molecule has 0 saturated carbocycles. The molecule has 0 atom stereocenters. The number of hydrogen-bond acceptors (Lipinski definition) is 3. The van der Waals surface area contributed by atoms with Gasteiger partial charge in [-0.3, -0.25) is 0 Å². The van der Waals surface area contributed by atoms with Crippen molar-refractivity contribution in [2.75, 3.05) is 18.4 Å². The fourth-order valence-corrected chi connectivity index (χ4v) is 2.00. The first kappa shape index (κ1) is 12.4. The van der Waals surface area contributed by atoms with E-state index in [1.807, 2.05) is 18.2 Å². The molecule has 1 aliphatic rings. The third-order valence-corrected chi connectivity index (χ3v) is 3.07. The Morgan fingerprint density at radius 2 is 2.11 bits per heavy atom. The van der Waals surface area contributed by atoms with E-state index >= 15 is 0 Å². The van der Waals surface area contributed by atoms with Gasteiger partial charge >= 0.3 is 6.03 Å². The highest BCUT2D eigenvalue weighted by Gasteiger charge is 2.17. The molecule has 0 aliphatic carbocycles. The molecule has 1 saturated heterocycles. The first-order valence-corrected chi connectivity index (χ1v) is 6.06. The van der Waals surface area contributed by atoms with Gasteiger partial charge in [-0.05, 0) is 31.9 Å². The summed E-state index contributed by atoms with van der Waals surface area (Å²) in [6.07, 6.45) is 2.15. The third-order valence-electron chi connectivity index (χ3n) is 3.07. The van der Waals surface area contributed by atoms with Crippen molar-refractivity contribution < 1.29 is 10.0 Å². The average Bonchev–Trinajstić information content (AvgIpc) is 2.92. The van der Waals surface area contributed by atoms with Crippen molar-refractivity contribution in [2.45, 2.75) is 19.8 Å². The number of nitrogens with one attached hydrogen (secondary N) is 1. The molecule has 0 aromatic heterocycles. The molecule has 0 radical (unpaired) electrons. The van der Waals surface area contributed by atoms with E-state index in [2.05, 4.69) is 10.5 Å². The topological polar surface area (TPSA) is 64.9 Å². The number of rotatable bonds is 2. The third kappa shape index (κ3) is 2.80. The summed E-state index contributed by atoms with van der Waals surface area (Å²) in [5.74, 6) is 0. The lowest BCUT2D eigenvalue weighted by atomic mass is 10.1. The van der Waals surface area contributed by atoms with Crippen LogP contribution in [0.25, 0.3) is 0 Å². The smallest absolute Gasteiger partial charge is 0.321 e. The summed E-state index contributed by atoms with van der Waals surface area (Å²) < 4.78 is 0. The van der Waals surface area contributed by atoms with Gasteiger partial charge in [0.25, 0.3) is 0 Å². The Balaban J connectivity index is 2.07. The van der Waals surface area contributed by atoms with Gasteiger partial charge in [-0.25, -0.2) is 4.79 Å². The molecule has 0 unspecified atom stereocenters. The number of benzene rings is 1. The Bertz CT molecular complexity index is 465. The Hall–Kier alpha value is -2.04. The molecule has 5 nitrogen and oxygen atoms in total. The van der Waals surface area contributed by atoms with Crippen LogP contribution in [0, 0.1) is 0 Å². The van der Waals surface area contributed by atoms with Gasteiger partial charge in [0.05, 0.1) is 5.71 Å². The summed E-state index contributed by atoms with van der Waals surface area (Å²) in [6.45, 7) is 3.35. The predicted molar refractivity (Wildman–Crippen MR) is 70.3 cm³/mol. The second-order valence-electron chi connectivity index (χ2n) is 4.39. The van der Waals surface area contributed by atoms with Crippen molar-refractivity contribution in [3.05, 3.63) is 29.8 Å². The van der Waals surface area contributed by atoms with Crippen molar-refractivity contribution >= 4 is 17.4 Å². The van der Waals surface area contributed by atoms with Crippen LogP contribution in [-0.2, 0) is 0 Å². The maximum Gasteiger partial charge on any atom is 0.321 e. The normalized spacial score (nSPS) is 15.8. The van der Waals surface area contributed by atoms with E-state index in [-0.39, 0.29) is 6.03 Å². The van der Waals surface area contributed by atoms with E-state index in [1.165, 1.54) is 0 Å². The minimum Gasteiger partial charge on any atom is -0.411 e. The summed E-state index contributed by atoms with van der Waals surface area (Å²) in [7, 11) is 0. The molecular weight excluding hydrogens is 230 g/mol. The summed E-state index contributed by atoms with van der Waals surface area (Å²) in [5, 5.41) is 14.7. The standard InChI is InChI=1S/C13H17N3O2/c1-10(15-18)11-5-4-6-12(9-11)14-13(17)16-7-2-3-8-16/h4-6,9,18H,2-3,7-8H2,1H3,(H,14,17). The van der Waals surface area contributed by atoms with Crippen LogP contribution < -0.4 is 5.32 Å². The van der Waals surface area contributed by atoms with Crippen molar-refractivity contribution in [1.29, 1.82) is 0 Å². The van der Waals surface area contributed by atoms with Gasteiger partial charge < -0.3 is 15.4 Å². The van der Waals surface area contributed by atoms with Crippen LogP contribution in [0.15, 0.2) is 29.4 Å². The van der Waals surface area contributed by atoms with Crippen molar-refractivity contribution in [1.82, 2.24) is 4.90 Å². The number of hydrogen-bond donors (Lipinski definition) is 2. The molecule has 2 amide bonds. The lowest BCUT2D eigenvalue weighted by molar-refractivity contribution is 0.222. The molecule has 0 spiro atoms. The molecule has 2 N–H and O–H groups in total. The molecule has 1 fully saturated rings. The quantitative estimate of drug-likeness (QED) is 0.479. The molecular formula is C13H17N3O2. The van der Waals surface area contributed by atoms with Crippen molar-refractivity contribution in [2.24, 2.45) is 5.16 Å². The molecule has 18 heavy (non-hydrogen) atoms. The number of urea groups is 1. The molecule has 96 valence electrons. The van der Waals surface area contributed by atoms with Gasteiger partial charge in [-0.2, -0.15) is 0 Å². The zero-order valence-corrected chi connectivity index (χ0v) is 10.4. The van der Waals surface area contributed by atoms with Crippen LogP contribution in [0.1, 0.15) is 25.3 Å². The summed E-state index contributed by atoms with van der Waals surface area (Å²) in [5.41, 5.74) is 2.02. The van der Waals surface area contributed by atoms with E-state index < -0.39 is 0 Å². The number of anilines is 1. The molecule has 1 aliphatic heterocycles. The van der Waals surface area contributed by atoms with E-state index in [0.29, 0.717) is 11.4 Å². The number of likely N-dealkylation sites (tertiary alicyclic amines) is 1. The number of carbonyl (C=O) groups is 1. The van der Waals surface area contributed by atoms with Crippen molar-refractivity contribution in [3.8, 4) is 0 Å². The van der Waals surface area contributed by atoms with Crippen molar-refractivity contribution in [3.63, 3.8) is 0 Å². The molecule has 5 heteroatoms. The fraction of sp³-hybridized carbons (Fsp3) is 0.385. The van der Waals surface area contributed by atoms with E-state index in [4.69, 9.17) is 5.21 Å². The summed E-state index contributed by atoms with van der Waals surface area (Å²) in [4.78, 5) is 13.7. The number of oxime groups is 1. The number of carbonyl (C=O) groups excluding carboxylic acids is 1. The largest absolute Gasteiger partial charge is 0.411 e. The van der Waals surface area contributed by atoms with Crippen LogP contribution in [0.5, 0.6) is 0 Å². The molecule has 1 aromatic carbocycles. The van der Waals surface area contributed by atoms with Gasteiger partial charge in [-0.15, -0.1) is 0 Å². The Morgan fingerprint density at radius 3 is 2.78 bits per heavy atom. The average molecular weight is 247 g/mol. The number of amides is 2. The highest BCUT2D eigenvalue weighted by molar-refractivity contribution is 6.00. The fourth-order valence-electron chi connectivity index (χ4n) is 2.00. The second kappa shape index (κ2) is 5.53. The molecule has 2 rings (SSSR count). The van der Waals surface area contributed by atoms with Gasteiger partial charge in [0.2, 0.25) is 0 Å². The van der Waals surface area contributed by atoms with Crippen LogP contribution in [0.3, 0.4) is 0 Å². The highest BCUT2D eigenvalue weighted by atomic mass is 16.4. The van der Waals surface area contributed by atoms with E-state index in [1.54, 1.807) is 17.9 Å². The second-order valence-corrected chi connectivity index (χ2v) is 4.39. The van der Waals surface area contributed by atoms with Gasteiger partial charge in [0, 0.05) is 24.3 Å². The van der Waals surface area contributed by atoms with Gasteiger partial charge in [0.1, 0.15) is 0 Å². The first-order valence-electron chi connectivity index (χ1n) is 6.06. The van der Waals surface area contributed by atoms with Gasteiger partial charge in [0.15, 0.2) is 0 Å². The van der Waals surface area contributed by atoms with E-state index in [9.17, 15) is 4.79 Å². The minimum atomic E-state index is -0.0664. The zero-order valence-electron chi connectivity index (χ0n) is 10.4. The maximum atomic E-state index is 11.9. The minimum absolute atomic E-state index is 0.0664. The summed E-state index contributed by atoms with van der Waals surface area (Å²) in [6, 6.07) is 7.21. The number of nitrogens with zero attached hydrogens (tertiary/aromatic N) is 2. The monoisotopic (exact) mass is 247 g/mol. The Morgan fingerprint density at radius 1 is 1.39 bits per heavy atom. The Kier molecular flexibility index (Phi) is 3.82. The predicted octanol–water partition coefficient (Wildman–Crippen LogP) is 2.51. The molecule has 1 heterocycles. The molecule has 1 aromatic rings. The van der Waals surface area contributed by atoms with E-state index in [0.717, 1.165) is 31.5 Å². The van der Waals surface area contributed by atoms with Crippen LogP contribution in [-0.4, -0.2) is 34.9 Å². The van der Waals surface area contributed by atoms with Crippen LogP contribution in [0.4, 0.5) is 10.5 Å². The Labute approximate surface area is 106 Å². The lowest BCUT2D eigenvalue weighted by Gasteiger charge is -2.16. The zero-order chi connectivity index (χ0) is 13.0. The SMILES string of the molecule is CC(=NO)c1cccc(NC(=O)N2CCCC2)c1.